The van der Waals surface area contributed by atoms with Gasteiger partial charge < -0.3 is 25.0 Å². The van der Waals surface area contributed by atoms with Crippen molar-refractivity contribution < 1.29 is 19.4 Å². The molecule has 0 aromatic heterocycles. The molecule has 2 N–H and O–H groups in total. The lowest BCUT2D eigenvalue weighted by molar-refractivity contribution is -0.137. The number of ether oxygens (including phenoxy) is 1. The summed E-state index contributed by atoms with van der Waals surface area (Å²) in [5.41, 5.74) is 0. The van der Waals surface area contributed by atoms with Gasteiger partial charge in [-0.05, 0) is 38.4 Å². The van der Waals surface area contributed by atoms with Gasteiger partial charge in [-0.15, -0.1) is 0 Å². The first-order valence-electron chi connectivity index (χ1n) is 7.52. The molecule has 1 fully saturated rings. The number of carboxylic acid groups (broad SMARTS) is 1. The van der Waals surface area contributed by atoms with Gasteiger partial charge in [-0.25, -0.2) is 4.79 Å². The summed E-state index contributed by atoms with van der Waals surface area (Å²) in [4.78, 5) is 26.5. The monoisotopic (exact) mass is 301 g/mol. The SMILES string of the molecule is CCN1CCC(CNC(=O)N(CCOC)CC(=O)O)CC1. The zero-order valence-electron chi connectivity index (χ0n) is 13.0. The van der Waals surface area contributed by atoms with Gasteiger partial charge in [-0.2, -0.15) is 0 Å². The number of likely N-dealkylation sites (tertiary alicyclic amines) is 1. The molecule has 0 aromatic carbocycles. The number of hydrogen-bond acceptors (Lipinski definition) is 4. The molecular formula is C14H27N3O4. The lowest BCUT2D eigenvalue weighted by atomic mass is 9.97. The Balaban J connectivity index is 2.33. The Bertz CT molecular complexity index is 330. The number of hydrogen-bond donors (Lipinski definition) is 2. The highest BCUT2D eigenvalue weighted by atomic mass is 16.5. The normalized spacial score (nSPS) is 16.7. The number of amides is 2. The molecule has 122 valence electrons. The molecule has 0 spiro atoms. The van der Waals surface area contributed by atoms with Gasteiger partial charge in [0.05, 0.1) is 6.61 Å². The van der Waals surface area contributed by atoms with Crippen LogP contribution in [0.3, 0.4) is 0 Å². The van der Waals surface area contributed by atoms with Crippen LogP contribution in [0.5, 0.6) is 0 Å². The summed E-state index contributed by atoms with van der Waals surface area (Å²) in [6.45, 7) is 6.28. The van der Waals surface area contributed by atoms with Crippen LogP contribution in [0.15, 0.2) is 0 Å². The Morgan fingerprint density at radius 3 is 2.57 bits per heavy atom. The van der Waals surface area contributed by atoms with E-state index < -0.39 is 5.97 Å². The molecule has 1 heterocycles. The molecule has 0 saturated carbocycles. The molecule has 1 saturated heterocycles. The van der Waals surface area contributed by atoms with Gasteiger partial charge in [0.1, 0.15) is 6.54 Å². The van der Waals surface area contributed by atoms with Crippen LogP contribution in [-0.4, -0.2) is 79.9 Å². The van der Waals surface area contributed by atoms with Crippen LogP contribution in [0.1, 0.15) is 19.8 Å². The molecule has 7 nitrogen and oxygen atoms in total. The third kappa shape index (κ3) is 6.77. The fourth-order valence-electron chi connectivity index (χ4n) is 2.47. The van der Waals surface area contributed by atoms with Crippen molar-refractivity contribution >= 4 is 12.0 Å². The van der Waals surface area contributed by atoms with Gasteiger partial charge in [0, 0.05) is 20.2 Å². The van der Waals surface area contributed by atoms with Crippen LogP contribution in [0, 0.1) is 5.92 Å². The second-order valence-electron chi connectivity index (χ2n) is 5.37. The maximum Gasteiger partial charge on any atom is 0.323 e. The fraction of sp³-hybridized carbons (Fsp3) is 0.857. The van der Waals surface area contributed by atoms with Gasteiger partial charge in [-0.3, -0.25) is 4.79 Å². The van der Waals surface area contributed by atoms with E-state index in [0.717, 1.165) is 32.5 Å². The van der Waals surface area contributed by atoms with E-state index >= 15 is 0 Å². The molecule has 21 heavy (non-hydrogen) atoms. The summed E-state index contributed by atoms with van der Waals surface area (Å²) >= 11 is 0. The minimum absolute atomic E-state index is 0.281. The van der Waals surface area contributed by atoms with Gasteiger partial charge in [0.25, 0.3) is 0 Å². The quantitative estimate of drug-likeness (QED) is 0.681. The van der Waals surface area contributed by atoms with Crippen molar-refractivity contribution in [3.8, 4) is 0 Å². The van der Waals surface area contributed by atoms with Crippen molar-refractivity contribution in [2.45, 2.75) is 19.8 Å². The van der Waals surface area contributed by atoms with E-state index in [2.05, 4.69) is 17.1 Å². The zero-order valence-corrected chi connectivity index (χ0v) is 13.0. The van der Waals surface area contributed by atoms with Gasteiger partial charge >= 0.3 is 12.0 Å². The van der Waals surface area contributed by atoms with E-state index in [-0.39, 0.29) is 19.1 Å². The Kier molecular flexibility index (Phi) is 8.07. The molecule has 7 heteroatoms. The number of carbonyl (C=O) groups is 2. The summed E-state index contributed by atoms with van der Waals surface area (Å²) < 4.78 is 4.90. The van der Waals surface area contributed by atoms with Crippen LogP contribution in [0.4, 0.5) is 4.79 Å². The van der Waals surface area contributed by atoms with E-state index in [0.29, 0.717) is 19.1 Å². The summed E-state index contributed by atoms with van der Waals surface area (Å²) in [6.07, 6.45) is 2.15. The van der Waals surface area contributed by atoms with E-state index in [1.54, 1.807) is 0 Å². The van der Waals surface area contributed by atoms with Crippen LogP contribution in [0.25, 0.3) is 0 Å². The highest BCUT2D eigenvalue weighted by Gasteiger charge is 2.21. The molecule has 0 aliphatic carbocycles. The first kappa shape index (κ1) is 17.7. The predicted octanol–water partition coefficient (Wildman–Crippen LogP) is 0.461. The zero-order chi connectivity index (χ0) is 15.7. The fourth-order valence-corrected chi connectivity index (χ4v) is 2.47. The van der Waals surface area contributed by atoms with Gasteiger partial charge in [0.2, 0.25) is 0 Å². The Morgan fingerprint density at radius 1 is 1.38 bits per heavy atom. The molecule has 1 aliphatic heterocycles. The summed E-state index contributed by atoms with van der Waals surface area (Å²) in [6, 6.07) is -0.327. The summed E-state index contributed by atoms with van der Waals surface area (Å²) in [5, 5.41) is 11.7. The Morgan fingerprint density at radius 2 is 2.05 bits per heavy atom. The Hall–Kier alpha value is -1.34. The lowest BCUT2D eigenvalue weighted by Gasteiger charge is -2.31. The highest BCUT2D eigenvalue weighted by molar-refractivity contribution is 5.80. The summed E-state index contributed by atoms with van der Waals surface area (Å²) in [7, 11) is 1.53. The van der Waals surface area contributed by atoms with E-state index in [1.807, 2.05) is 0 Å². The molecule has 1 aliphatic rings. The predicted molar refractivity (Wildman–Crippen MR) is 79.3 cm³/mol. The minimum atomic E-state index is -1.02. The van der Waals surface area contributed by atoms with Gasteiger partial charge in [-0.1, -0.05) is 6.92 Å². The Labute approximate surface area is 126 Å². The molecule has 0 bridgehead atoms. The van der Waals surface area contributed by atoms with Crippen LogP contribution >= 0.6 is 0 Å². The molecule has 0 atom stereocenters. The van der Waals surface area contributed by atoms with Crippen molar-refractivity contribution in [3.63, 3.8) is 0 Å². The highest BCUT2D eigenvalue weighted by Crippen LogP contribution is 2.15. The van der Waals surface area contributed by atoms with Crippen molar-refractivity contribution in [1.29, 1.82) is 0 Å². The lowest BCUT2D eigenvalue weighted by Crippen LogP contribution is -2.46. The number of nitrogens with one attached hydrogen (secondary N) is 1. The van der Waals surface area contributed by atoms with Crippen molar-refractivity contribution in [3.05, 3.63) is 0 Å². The maximum atomic E-state index is 12.0. The second kappa shape index (κ2) is 9.57. The van der Waals surface area contributed by atoms with Crippen LogP contribution in [-0.2, 0) is 9.53 Å². The average molecular weight is 301 g/mol. The number of carbonyl (C=O) groups excluding carboxylic acids is 1. The number of urea groups is 1. The first-order chi connectivity index (χ1) is 10.1. The molecule has 0 aromatic rings. The molecule has 0 unspecified atom stereocenters. The number of aliphatic carboxylic acids is 1. The maximum absolute atomic E-state index is 12.0. The van der Waals surface area contributed by atoms with Crippen molar-refractivity contribution in [2.75, 3.05) is 53.0 Å². The largest absolute Gasteiger partial charge is 0.480 e. The van der Waals surface area contributed by atoms with Crippen LogP contribution in [0.2, 0.25) is 0 Å². The third-order valence-electron chi connectivity index (χ3n) is 3.87. The number of piperidine rings is 1. The average Bonchev–Trinajstić information content (AvgIpc) is 2.49. The second-order valence-corrected chi connectivity index (χ2v) is 5.37. The number of carboxylic acids is 1. The summed E-state index contributed by atoms with van der Waals surface area (Å²) in [5.74, 6) is -0.539. The smallest absolute Gasteiger partial charge is 0.323 e. The minimum Gasteiger partial charge on any atom is -0.480 e. The number of rotatable bonds is 8. The third-order valence-corrected chi connectivity index (χ3v) is 3.87. The molecule has 2 amide bonds. The molecule has 0 radical (unpaired) electrons. The number of nitrogens with zero attached hydrogens (tertiary/aromatic N) is 2. The molecule has 1 rings (SSSR count). The van der Waals surface area contributed by atoms with E-state index in [1.165, 1.54) is 12.0 Å². The van der Waals surface area contributed by atoms with Crippen molar-refractivity contribution in [1.82, 2.24) is 15.1 Å². The molecular weight excluding hydrogens is 274 g/mol. The van der Waals surface area contributed by atoms with E-state index in [4.69, 9.17) is 9.84 Å². The standard InChI is InChI=1S/C14H27N3O4/c1-3-16-6-4-12(5-7-16)10-15-14(20)17(8-9-21-2)11-13(18)19/h12H,3-11H2,1-2H3,(H,15,20)(H,18,19). The van der Waals surface area contributed by atoms with Gasteiger partial charge in [0.15, 0.2) is 0 Å². The topological polar surface area (TPSA) is 82.1 Å². The van der Waals surface area contributed by atoms with E-state index in [9.17, 15) is 9.59 Å². The first-order valence-corrected chi connectivity index (χ1v) is 7.52. The number of methoxy groups -OCH3 is 1. The van der Waals surface area contributed by atoms with Crippen molar-refractivity contribution in [2.24, 2.45) is 5.92 Å². The van der Waals surface area contributed by atoms with Crippen LogP contribution < -0.4 is 5.32 Å².